The lowest BCUT2D eigenvalue weighted by molar-refractivity contribution is -0.120. The molecule has 1 amide bonds. The summed E-state index contributed by atoms with van der Waals surface area (Å²) in [5.74, 6) is 0.669. The van der Waals surface area contributed by atoms with Crippen molar-refractivity contribution >= 4 is 5.91 Å². The predicted molar refractivity (Wildman–Crippen MR) is 95.1 cm³/mol. The van der Waals surface area contributed by atoms with Gasteiger partial charge in [0.1, 0.15) is 5.75 Å². The van der Waals surface area contributed by atoms with Crippen LogP contribution in [-0.4, -0.2) is 23.7 Å². The third-order valence-corrected chi connectivity index (χ3v) is 3.61. The highest BCUT2D eigenvalue weighted by Crippen LogP contribution is 2.18. The van der Waals surface area contributed by atoms with E-state index in [-0.39, 0.29) is 18.6 Å². The van der Waals surface area contributed by atoms with Gasteiger partial charge in [-0.05, 0) is 44.0 Å². The summed E-state index contributed by atoms with van der Waals surface area (Å²) in [5.41, 5.74) is 2.88. The number of aryl methyl sites for hydroxylation is 1. The standard InChI is InChI=1S/C20H25NO3/c1-14(2)24-18-10-8-17(9-11-18)19(22)13-21-20(23)12-16-6-4-15(3)5-7-16/h4-11,14,19,22H,12-13H2,1-3H3,(H,21,23). The number of hydrogen-bond acceptors (Lipinski definition) is 3. The smallest absolute Gasteiger partial charge is 0.224 e. The first-order valence-electron chi connectivity index (χ1n) is 8.21. The van der Waals surface area contributed by atoms with Gasteiger partial charge in [0.25, 0.3) is 0 Å². The summed E-state index contributed by atoms with van der Waals surface area (Å²) in [4.78, 5) is 12.0. The van der Waals surface area contributed by atoms with Crippen LogP contribution in [0.1, 0.15) is 36.6 Å². The van der Waals surface area contributed by atoms with Crippen molar-refractivity contribution < 1.29 is 14.6 Å². The molecule has 0 aliphatic rings. The van der Waals surface area contributed by atoms with Crippen molar-refractivity contribution in [2.75, 3.05) is 6.54 Å². The number of hydrogen-bond donors (Lipinski definition) is 2. The summed E-state index contributed by atoms with van der Waals surface area (Å²) in [6.07, 6.45) is -0.310. The van der Waals surface area contributed by atoms with E-state index in [9.17, 15) is 9.90 Å². The largest absolute Gasteiger partial charge is 0.491 e. The third-order valence-electron chi connectivity index (χ3n) is 3.61. The Morgan fingerprint density at radius 2 is 1.71 bits per heavy atom. The Kier molecular flexibility index (Phi) is 6.38. The molecule has 1 atom stereocenters. The van der Waals surface area contributed by atoms with E-state index >= 15 is 0 Å². The van der Waals surface area contributed by atoms with Crippen molar-refractivity contribution in [3.05, 3.63) is 65.2 Å². The topological polar surface area (TPSA) is 58.6 Å². The van der Waals surface area contributed by atoms with Crippen LogP contribution < -0.4 is 10.1 Å². The van der Waals surface area contributed by atoms with Crippen LogP contribution in [0.3, 0.4) is 0 Å². The summed E-state index contributed by atoms with van der Waals surface area (Å²) in [5, 5.41) is 13.0. The highest BCUT2D eigenvalue weighted by atomic mass is 16.5. The predicted octanol–water partition coefficient (Wildman–Crippen LogP) is 3.17. The molecule has 24 heavy (non-hydrogen) atoms. The average Bonchev–Trinajstić information content (AvgIpc) is 2.55. The van der Waals surface area contributed by atoms with E-state index in [0.717, 1.165) is 16.9 Å². The summed E-state index contributed by atoms with van der Waals surface area (Å²) in [7, 11) is 0. The van der Waals surface area contributed by atoms with Gasteiger partial charge in [-0.1, -0.05) is 42.0 Å². The normalized spacial score (nSPS) is 12.0. The van der Waals surface area contributed by atoms with Gasteiger partial charge in [-0.15, -0.1) is 0 Å². The molecule has 0 saturated heterocycles. The fourth-order valence-corrected chi connectivity index (χ4v) is 2.32. The lowest BCUT2D eigenvalue weighted by Crippen LogP contribution is -2.29. The van der Waals surface area contributed by atoms with Crippen LogP contribution in [0.4, 0.5) is 0 Å². The summed E-state index contributed by atoms with van der Waals surface area (Å²) < 4.78 is 5.57. The Morgan fingerprint density at radius 3 is 2.29 bits per heavy atom. The number of ether oxygens (including phenoxy) is 1. The highest BCUT2D eigenvalue weighted by Gasteiger charge is 2.10. The van der Waals surface area contributed by atoms with E-state index in [1.165, 1.54) is 5.56 Å². The minimum atomic E-state index is -0.736. The second-order valence-corrected chi connectivity index (χ2v) is 6.22. The SMILES string of the molecule is Cc1ccc(CC(=O)NCC(O)c2ccc(OC(C)C)cc2)cc1. The van der Waals surface area contributed by atoms with E-state index in [0.29, 0.717) is 6.42 Å². The molecule has 2 aromatic carbocycles. The first kappa shape index (κ1) is 18.0. The van der Waals surface area contributed by atoms with Gasteiger partial charge in [0.2, 0.25) is 5.91 Å². The maximum absolute atomic E-state index is 12.0. The van der Waals surface area contributed by atoms with Crippen molar-refractivity contribution in [3.63, 3.8) is 0 Å². The number of amides is 1. The van der Waals surface area contributed by atoms with Crippen LogP contribution in [0.25, 0.3) is 0 Å². The molecule has 4 nitrogen and oxygen atoms in total. The van der Waals surface area contributed by atoms with Crippen LogP contribution in [0.15, 0.2) is 48.5 Å². The van der Waals surface area contributed by atoms with Crippen molar-refractivity contribution in [2.24, 2.45) is 0 Å². The van der Waals surface area contributed by atoms with Crippen LogP contribution >= 0.6 is 0 Å². The van der Waals surface area contributed by atoms with Gasteiger partial charge in [-0.3, -0.25) is 4.79 Å². The molecule has 0 spiro atoms. The zero-order valence-electron chi connectivity index (χ0n) is 14.5. The number of rotatable bonds is 7. The molecule has 1 unspecified atom stereocenters. The van der Waals surface area contributed by atoms with E-state index in [1.54, 1.807) is 0 Å². The molecule has 0 saturated carbocycles. The molecule has 0 fully saturated rings. The van der Waals surface area contributed by atoms with Crippen LogP contribution in [0.5, 0.6) is 5.75 Å². The first-order chi connectivity index (χ1) is 11.4. The quantitative estimate of drug-likeness (QED) is 0.821. The third kappa shape index (κ3) is 5.70. The van der Waals surface area contributed by atoms with Crippen molar-refractivity contribution in [1.29, 1.82) is 0 Å². The number of carbonyl (C=O) groups excluding carboxylic acids is 1. The molecule has 2 aromatic rings. The lowest BCUT2D eigenvalue weighted by atomic mass is 10.1. The average molecular weight is 327 g/mol. The Bertz CT molecular complexity index is 648. The minimum absolute atomic E-state index is 0.0994. The minimum Gasteiger partial charge on any atom is -0.491 e. The Balaban J connectivity index is 1.82. The van der Waals surface area contributed by atoms with Gasteiger partial charge in [-0.2, -0.15) is 0 Å². The number of aliphatic hydroxyl groups is 1. The zero-order valence-corrected chi connectivity index (χ0v) is 14.5. The summed E-state index contributed by atoms with van der Waals surface area (Å²) in [6, 6.07) is 15.1. The maximum atomic E-state index is 12.0. The number of aliphatic hydroxyl groups excluding tert-OH is 1. The zero-order chi connectivity index (χ0) is 17.5. The van der Waals surface area contributed by atoms with E-state index < -0.39 is 6.10 Å². The fourth-order valence-electron chi connectivity index (χ4n) is 2.32. The molecular weight excluding hydrogens is 302 g/mol. The number of benzene rings is 2. The monoisotopic (exact) mass is 327 g/mol. The van der Waals surface area contributed by atoms with Gasteiger partial charge >= 0.3 is 0 Å². The van der Waals surface area contributed by atoms with E-state index in [2.05, 4.69) is 5.32 Å². The van der Waals surface area contributed by atoms with Crippen LogP contribution in [-0.2, 0) is 11.2 Å². The summed E-state index contributed by atoms with van der Waals surface area (Å²) in [6.45, 7) is 6.13. The van der Waals surface area contributed by atoms with Crippen molar-refractivity contribution in [2.45, 2.75) is 39.4 Å². The molecule has 0 aromatic heterocycles. The molecule has 128 valence electrons. The van der Waals surface area contributed by atoms with Crippen LogP contribution in [0, 0.1) is 6.92 Å². The molecule has 0 aliphatic heterocycles. The Hall–Kier alpha value is -2.33. The molecule has 0 aliphatic carbocycles. The molecular formula is C20H25NO3. The number of nitrogens with one attached hydrogen (secondary N) is 1. The van der Waals surface area contributed by atoms with Gasteiger partial charge in [-0.25, -0.2) is 0 Å². The van der Waals surface area contributed by atoms with Gasteiger partial charge in [0, 0.05) is 6.54 Å². The Morgan fingerprint density at radius 1 is 1.08 bits per heavy atom. The van der Waals surface area contributed by atoms with Gasteiger partial charge in [0.15, 0.2) is 0 Å². The molecule has 0 heterocycles. The Labute approximate surface area is 143 Å². The van der Waals surface area contributed by atoms with Gasteiger partial charge < -0.3 is 15.2 Å². The van der Waals surface area contributed by atoms with Crippen molar-refractivity contribution in [3.8, 4) is 5.75 Å². The maximum Gasteiger partial charge on any atom is 0.224 e. The van der Waals surface area contributed by atoms with E-state index in [1.807, 2.05) is 69.3 Å². The molecule has 2 N–H and O–H groups in total. The van der Waals surface area contributed by atoms with Crippen molar-refractivity contribution in [1.82, 2.24) is 5.32 Å². The highest BCUT2D eigenvalue weighted by molar-refractivity contribution is 5.78. The fraction of sp³-hybridized carbons (Fsp3) is 0.350. The summed E-state index contributed by atoms with van der Waals surface area (Å²) >= 11 is 0. The molecule has 2 rings (SSSR count). The lowest BCUT2D eigenvalue weighted by Gasteiger charge is -2.14. The van der Waals surface area contributed by atoms with Crippen LogP contribution in [0.2, 0.25) is 0 Å². The second kappa shape index (κ2) is 8.50. The molecule has 4 heteroatoms. The van der Waals surface area contributed by atoms with Gasteiger partial charge in [0.05, 0.1) is 18.6 Å². The first-order valence-corrected chi connectivity index (χ1v) is 8.21. The second-order valence-electron chi connectivity index (χ2n) is 6.22. The molecule has 0 bridgehead atoms. The van der Waals surface area contributed by atoms with E-state index in [4.69, 9.17) is 4.74 Å². The molecule has 0 radical (unpaired) electrons. The number of carbonyl (C=O) groups is 1.